The van der Waals surface area contributed by atoms with Crippen LogP contribution in [0.3, 0.4) is 0 Å². The van der Waals surface area contributed by atoms with Crippen molar-refractivity contribution in [2.24, 2.45) is 5.41 Å². The monoisotopic (exact) mass is 549 g/mol. The van der Waals surface area contributed by atoms with Crippen LogP contribution in [-0.2, 0) is 14.8 Å². The van der Waals surface area contributed by atoms with Crippen molar-refractivity contribution in [3.05, 3.63) is 48.3 Å². The summed E-state index contributed by atoms with van der Waals surface area (Å²) in [5, 5.41) is 0. The molecule has 0 N–H and O–H groups in total. The Kier molecular flexibility index (Phi) is 8.79. The first-order valence-corrected chi connectivity index (χ1v) is 14.2. The Balaban J connectivity index is 1.61. The van der Waals surface area contributed by atoms with Gasteiger partial charge in [-0.05, 0) is 56.3 Å². The van der Waals surface area contributed by atoms with E-state index in [9.17, 15) is 17.6 Å². The SMILES string of the molecule is COc1ccc(OC)c(S(=O)(=O)N2CCC[C@@](COc3ccc(F)cc3)(CC(=O)N3CCN(C)CC3)C2)c1. The number of rotatable bonds is 9. The molecule has 2 aromatic rings. The van der Waals surface area contributed by atoms with E-state index in [1.165, 1.54) is 48.9 Å². The molecule has 9 nitrogen and oxygen atoms in total. The summed E-state index contributed by atoms with van der Waals surface area (Å²) in [7, 11) is 0.947. The quantitative estimate of drug-likeness (QED) is 0.475. The van der Waals surface area contributed by atoms with Crippen LogP contribution in [0.4, 0.5) is 4.39 Å². The van der Waals surface area contributed by atoms with Crippen molar-refractivity contribution in [3.63, 3.8) is 0 Å². The number of halogens is 1. The maximum atomic E-state index is 13.9. The summed E-state index contributed by atoms with van der Waals surface area (Å²) in [6.07, 6.45) is 1.34. The zero-order valence-electron chi connectivity index (χ0n) is 22.2. The number of hydrogen-bond donors (Lipinski definition) is 0. The van der Waals surface area contributed by atoms with Crippen LogP contribution in [0.15, 0.2) is 47.4 Å². The van der Waals surface area contributed by atoms with E-state index < -0.39 is 15.4 Å². The maximum Gasteiger partial charge on any atom is 0.246 e. The number of carbonyl (C=O) groups excluding carboxylic acids is 1. The van der Waals surface area contributed by atoms with E-state index in [0.29, 0.717) is 44.0 Å². The maximum absolute atomic E-state index is 13.9. The Morgan fingerprint density at radius 2 is 1.66 bits per heavy atom. The van der Waals surface area contributed by atoms with Gasteiger partial charge in [0.1, 0.15) is 28.0 Å². The molecule has 11 heteroatoms. The molecule has 38 heavy (non-hydrogen) atoms. The van der Waals surface area contributed by atoms with Crippen molar-refractivity contribution in [2.75, 3.05) is 67.1 Å². The van der Waals surface area contributed by atoms with Crippen LogP contribution < -0.4 is 14.2 Å². The Labute approximate surface area is 224 Å². The molecule has 2 heterocycles. The molecule has 4 rings (SSSR count). The number of methoxy groups -OCH3 is 2. The van der Waals surface area contributed by atoms with E-state index in [2.05, 4.69) is 4.90 Å². The minimum absolute atomic E-state index is 0.0139. The number of ether oxygens (including phenoxy) is 3. The van der Waals surface area contributed by atoms with Gasteiger partial charge in [-0.3, -0.25) is 4.79 Å². The molecule has 0 unspecified atom stereocenters. The predicted octanol–water partition coefficient (Wildman–Crippen LogP) is 2.86. The van der Waals surface area contributed by atoms with E-state index in [4.69, 9.17) is 14.2 Å². The second-order valence-corrected chi connectivity index (χ2v) is 12.0. The topological polar surface area (TPSA) is 88.6 Å². The molecule has 2 aliphatic rings. The Bertz CT molecular complexity index is 1220. The summed E-state index contributed by atoms with van der Waals surface area (Å²) in [5.41, 5.74) is -0.758. The largest absolute Gasteiger partial charge is 0.497 e. The number of nitrogens with zero attached hydrogens (tertiary/aromatic N) is 3. The third-order valence-electron chi connectivity index (χ3n) is 7.36. The third-order valence-corrected chi connectivity index (χ3v) is 9.22. The first-order valence-electron chi connectivity index (χ1n) is 12.7. The molecule has 2 fully saturated rings. The number of sulfonamides is 1. The van der Waals surface area contributed by atoms with E-state index >= 15 is 0 Å². The van der Waals surface area contributed by atoms with Gasteiger partial charge in [0, 0.05) is 57.2 Å². The highest BCUT2D eigenvalue weighted by Crippen LogP contribution is 2.39. The molecular weight excluding hydrogens is 513 g/mol. The summed E-state index contributed by atoms with van der Waals surface area (Å²) in [5.74, 6) is 0.696. The van der Waals surface area contributed by atoms with Crippen molar-refractivity contribution in [2.45, 2.75) is 24.2 Å². The van der Waals surface area contributed by atoms with Crippen LogP contribution in [0.25, 0.3) is 0 Å². The lowest BCUT2D eigenvalue weighted by Crippen LogP contribution is -2.53. The second-order valence-electron chi connectivity index (χ2n) is 10.1. The van der Waals surface area contributed by atoms with Crippen LogP contribution in [0, 0.1) is 11.2 Å². The summed E-state index contributed by atoms with van der Waals surface area (Å²) in [4.78, 5) is 17.5. The number of likely N-dealkylation sites (N-methyl/N-ethyl adjacent to an activating group) is 1. The summed E-state index contributed by atoms with van der Waals surface area (Å²) in [6.45, 7) is 3.39. The van der Waals surface area contributed by atoms with Crippen molar-refractivity contribution in [3.8, 4) is 17.2 Å². The molecular formula is C27H36FN3O6S. The molecule has 0 saturated carbocycles. The molecule has 0 radical (unpaired) electrons. The minimum Gasteiger partial charge on any atom is -0.497 e. The molecule has 2 saturated heterocycles. The summed E-state index contributed by atoms with van der Waals surface area (Å²) in [6, 6.07) is 10.3. The molecule has 0 aromatic heterocycles. The normalized spacial score (nSPS) is 21.2. The van der Waals surface area contributed by atoms with Gasteiger partial charge in [0.2, 0.25) is 15.9 Å². The van der Waals surface area contributed by atoms with Crippen molar-refractivity contribution < 1.29 is 31.8 Å². The lowest BCUT2D eigenvalue weighted by molar-refractivity contribution is -0.136. The lowest BCUT2D eigenvalue weighted by Gasteiger charge is -2.43. The fourth-order valence-electron chi connectivity index (χ4n) is 5.06. The Morgan fingerprint density at radius 1 is 0.974 bits per heavy atom. The van der Waals surface area contributed by atoms with Crippen LogP contribution in [0.2, 0.25) is 0 Å². The first-order chi connectivity index (χ1) is 18.2. The molecule has 0 aliphatic carbocycles. The average molecular weight is 550 g/mol. The van der Waals surface area contributed by atoms with Gasteiger partial charge in [0.05, 0.1) is 20.8 Å². The number of piperidine rings is 1. The molecule has 2 aromatic carbocycles. The highest BCUT2D eigenvalue weighted by Gasteiger charge is 2.44. The number of carbonyl (C=O) groups is 1. The molecule has 2 aliphatic heterocycles. The molecule has 1 atom stereocenters. The van der Waals surface area contributed by atoms with E-state index in [1.54, 1.807) is 12.1 Å². The third kappa shape index (κ3) is 6.39. The number of benzene rings is 2. The highest BCUT2D eigenvalue weighted by molar-refractivity contribution is 7.89. The number of piperazine rings is 1. The van der Waals surface area contributed by atoms with Crippen LogP contribution >= 0.6 is 0 Å². The molecule has 0 spiro atoms. The van der Waals surface area contributed by atoms with Gasteiger partial charge in [0.15, 0.2) is 0 Å². The Hall–Kier alpha value is -2.89. The standard InChI is InChI=1S/C27H36FN3O6S/c1-29-13-15-30(16-14-29)26(32)18-27(20-37-22-7-5-21(28)6-8-22)11-4-12-31(19-27)38(33,34)25-17-23(35-2)9-10-24(25)36-3/h5-10,17H,4,11-16,18-20H2,1-3H3/t27-/m1/s1. The zero-order chi connectivity index (χ0) is 27.3. The van der Waals surface area contributed by atoms with Crippen molar-refractivity contribution in [1.29, 1.82) is 0 Å². The van der Waals surface area contributed by atoms with E-state index in [1.807, 2.05) is 11.9 Å². The fourth-order valence-corrected chi connectivity index (χ4v) is 6.82. The molecule has 0 bridgehead atoms. The van der Waals surface area contributed by atoms with Gasteiger partial charge in [-0.2, -0.15) is 4.31 Å². The van der Waals surface area contributed by atoms with E-state index in [-0.39, 0.29) is 41.9 Å². The summed E-state index contributed by atoms with van der Waals surface area (Å²) < 4.78 is 59.2. The van der Waals surface area contributed by atoms with Crippen LogP contribution in [0.5, 0.6) is 17.2 Å². The number of amides is 1. The van der Waals surface area contributed by atoms with Gasteiger partial charge in [-0.15, -0.1) is 0 Å². The molecule has 208 valence electrons. The van der Waals surface area contributed by atoms with Gasteiger partial charge >= 0.3 is 0 Å². The smallest absolute Gasteiger partial charge is 0.246 e. The number of hydrogen-bond acceptors (Lipinski definition) is 7. The van der Waals surface area contributed by atoms with Crippen molar-refractivity contribution in [1.82, 2.24) is 14.1 Å². The highest BCUT2D eigenvalue weighted by atomic mass is 32.2. The predicted molar refractivity (Wildman–Crippen MR) is 141 cm³/mol. The van der Waals surface area contributed by atoms with Crippen LogP contribution in [0.1, 0.15) is 19.3 Å². The Morgan fingerprint density at radius 3 is 2.32 bits per heavy atom. The molecule has 1 amide bonds. The zero-order valence-corrected chi connectivity index (χ0v) is 23.0. The minimum atomic E-state index is -3.97. The fraction of sp³-hybridized carbons (Fsp3) is 0.519. The summed E-state index contributed by atoms with van der Waals surface area (Å²) >= 11 is 0. The van der Waals surface area contributed by atoms with Gasteiger partial charge < -0.3 is 24.0 Å². The van der Waals surface area contributed by atoms with Gasteiger partial charge in [0.25, 0.3) is 0 Å². The van der Waals surface area contributed by atoms with Crippen molar-refractivity contribution >= 4 is 15.9 Å². The van der Waals surface area contributed by atoms with Gasteiger partial charge in [-0.25, -0.2) is 12.8 Å². The van der Waals surface area contributed by atoms with Gasteiger partial charge in [-0.1, -0.05) is 0 Å². The second kappa shape index (κ2) is 11.9. The van der Waals surface area contributed by atoms with Crippen LogP contribution in [-0.4, -0.2) is 95.6 Å². The lowest BCUT2D eigenvalue weighted by atomic mass is 9.78. The average Bonchev–Trinajstić information content (AvgIpc) is 2.93. The first kappa shape index (κ1) is 28.1. The van der Waals surface area contributed by atoms with E-state index in [0.717, 1.165) is 13.1 Å².